The van der Waals surface area contributed by atoms with E-state index in [1.165, 1.54) is 89.9 Å². The Morgan fingerprint density at radius 1 is 0.389 bits per heavy atom. The molecule has 0 aromatic heterocycles. The van der Waals surface area contributed by atoms with E-state index in [1.807, 2.05) is 0 Å². The summed E-state index contributed by atoms with van der Waals surface area (Å²) in [5, 5.41) is 0. The Labute approximate surface area is 333 Å². The highest BCUT2D eigenvalue weighted by Gasteiger charge is 2.19. The van der Waals surface area contributed by atoms with Gasteiger partial charge in [0.25, 0.3) is 0 Å². The Hall–Kier alpha value is -2.63. The second kappa shape index (κ2) is 43.1. The molecule has 0 heterocycles. The van der Waals surface area contributed by atoms with Gasteiger partial charge in [-0.05, 0) is 57.8 Å². The van der Waals surface area contributed by atoms with Crippen LogP contribution in [0.15, 0.2) is 48.6 Å². The summed E-state index contributed by atoms with van der Waals surface area (Å²) >= 11 is 0. The van der Waals surface area contributed by atoms with Crippen LogP contribution in [-0.2, 0) is 28.6 Å². The molecule has 312 valence electrons. The van der Waals surface area contributed by atoms with Crippen molar-refractivity contribution < 1.29 is 28.6 Å². The van der Waals surface area contributed by atoms with Crippen molar-refractivity contribution in [2.45, 2.75) is 226 Å². The van der Waals surface area contributed by atoms with E-state index < -0.39 is 6.10 Å². The first-order chi connectivity index (χ1) is 26.5. The van der Waals surface area contributed by atoms with Crippen LogP contribution in [0.4, 0.5) is 0 Å². The predicted molar refractivity (Wildman–Crippen MR) is 229 cm³/mol. The summed E-state index contributed by atoms with van der Waals surface area (Å²) in [6.07, 6.45) is 49.6. The van der Waals surface area contributed by atoms with Gasteiger partial charge in [0.1, 0.15) is 13.2 Å². The SMILES string of the molecule is CC/C=C\C/C=C\C/C=C\C/C=C\CCCCCCCCC(=O)OCC(COC(=O)CCCCCCCCC)OC(=O)CCCCCCCCCCCC. The number of allylic oxidation sites excluding steroid dienone is 8. The number of hydrogen-bond donors (Lipinski definition) is 0. The number of carbonyl (C=O) groups is 3. The highest BCUT2D eigenvalue weighted by Crippen LogP contribution is 2.14. The van der Waals surface area contributed by atoms with Gasteiger partial charge in [0.05, 0.1) is 0 Å². The van der Waals surface area contributed by atoms with Gasteiger partial charge in [-0.25, -0.2) is 0 Å². The van der Waals surface area contributed by atoms with E-state index in [0.717, 1.165) is 89.9 Å². The van der Waals surface area contributed by atoms with E-state index >= 15 is 0 Å². The number of rotatable bonds is 40. The molecular formula is C48H84O6. The van der Waals surface area contributed by atoms with Crippen molar-refractivity contribution in [3.05, 3.63) is 48.6 Å². The summed E-state index contributed by atoms with van der Waals surface area (Å²) < 4.78 is 16.6. The lowest BCUT2D eigenvalue weighted by Crippen LogP contribution is -2.30. The molecule has 0 aliphatic heterocycles. The average molecular weight is 757 g/mol. The summed E-state index contributed by atoms with van der Waals surface area (Å²) in [5.74, 6) is -0.899. The van der Waals surface area contributed by atoms with Gasteiger partial charge < -0.3 is 14.2 Å². The zero-order valence-electron chi connectivity index (χ0n) is 35.5. The van der Waals surface area contributed by atoms with Gasteiger partial charge >= 0.3 is 17.9 Å². The fraction of sp³-hybridized carbons (Fsp3) is 0.771. The van der Waals surface area contributed by atoms with Crippen LogP contribution in [0.5, 0.6) is 0 Å². The second-order valence-corrected chi connectivity index (χ2v) is 14.9. The topological polar surface area (TPSA) is 78.9 Å². The summed E-state index contributed by atoms with van der Waals surface area (Å²) in [4.78, 5) is 37.5. The molecule has 0 aliphatic carbocycles. The molecule has 0 aromatic rings. The van der Waals surface area contributed by atoms with Crippen molar-refractivity contribution in [1.82, 2.24) is 0 Å². The standard InChI is InChI=1S/C48H84O6/c1-4-7-10-13-16-18-20-21-22-23-24-25-26-27-28-30-32-35-38-41-47(50)53-44-45(43-52-46(49)40-37-34-31-15-12-9-6-3)54-48(51)42-39-36-33-29-19-17-14-11-8-5-2/h7,10,16,18,21-22,24-25,45H,4-6,8-9,11-15,17,19-20,23,26-44H2,1-3H3/b10-7-,18-16-,22-21-,25-24-. The van der Waals surface area contributed by atoms with Crippen LogP contribution >= 0.6 is 0 Å². The summed E-state index contributed by atoms with van der Waals surface area (Å²) in [7, 11) is 0. The first kappa shape index (κ1) is 51.4. The monoisotopic (exact) mass is 757 g/mol. The average Bonchev–Trinajstić information content (AvgIpc) is 3.17. The van der Waals surface area contributed by atoms with Crippen LogP contribution < -0.4 is 0 Å². The molecule has 0 aromatic carbocycles. The van der Waals surface area contributed by atoms with E-state index in [-0.39, 0.29) is 31.1 Å². The minimum atomic E-state index is -0.771. The highest BCUT2D eigenvalue weighted by atomic mass is 16.6. The fourth-order valence-electron chi connectivity index (χ4n) is 6.20. The maximum absolute atomic E-state index is 12.6. The highest BCUT2D eigenvalue weighted by molar-refractivity contribution is 5.71. The van der Waals surface area contributed by atoms with E-state index in [2.05, 4.69) is 69.4 Å². The number of esters is 3. The Balaban J connectivity index is 4.27. The Kier molecular flexibility index (Phi) is 41.0. The molecule has 0 bridgehead atoms. The Morgan fingerprint density at radius 2 is 0.722 bits per heavy atom. The Morgan fingerprint density at radius 3 is 1.13 bits per heavy atom. The smallest absolute Gasteiger partial charge is 0.306 e. The van der Waals surface area contributed by atoms with Crippen molar-refractivity contribution in [3.63, 3.8) is 0 Å². The molecule has 0 aliphatic rings. The lowest BCUT2D eigenvalue weighted by molar-refractivity contribution is -0.167. The van der Waals surface area contributed by atoms with Crippen LogP contribution in [0.25, 0.3) is 0 Å². The van der Waals surface area contributed by atoms with Gasteiger partial charge in [-0.15, -0.1) is 0 Å². The largest absolute Gasteiger partial charge is 0.462 e. The van der Waals surface area contributed by atoms with Gasteiger partial charge in [-0.2, -0.15) is 0 Å². The van der Waals surface area contributed by atoms with Gasteiger partial charge in [0.2, 0.25) is 0 Å². The summed E-state index contributed by atoms with van der Waals surface area (Å²) in [6, 6.07) is 0. The predicted octanol–water partition coefficient (Wildman–Crippen LogP) is 14.4. The van der Waals surface area contributed by atoms with E-state index in [1.54, 1.807) is 0 Å². The van der Waals surface area contributed by atoms with E-state index in [0.29, 0.717) is 19.3 Å². The second-order valence-electron chi connectivity index (χ2n) is 14.9. The number of unbranched alkanes of at least 4 members (excludes halogenated alkanes) is 21. The molecule has 54 heavy (non-hydrogen) atoms. The molecule has 0 saturated heterocycles. The normalized spacial score (nSPS) is 12.4. The van der Waals surface area contributed by atoms with Crippen molar-refractivity contribution in [1.29, 1.82) is 0 Å². The van der Waals surface area contributed by atoms with Crippen LogP contribution in [0.2, 0.25) is 0 Å². The number of hydrogen-bond acceptors (Lipinski definition) is 6. The van der Waals surface area contributed by atoms with Crippen LogP contribution in [0, 0.1) is 0 Å². The molecule has 0 rings (SSSR count). The van der Waals surface area contributed by atoms with Crippen molar-refractivity contribution in [2.24, 2.45) is 0 Å². The third kappa shape index (κ3) is 40.6. The van der Waals surface area contributed by atoms with Crippen molar-refractivity contribution >= 4 is 17.9 Å². The number of carbonyl (C=O) groups excluding carboxylic acids is 3. The minimum Gasteiger partial charge on any atom is -0.462 e. The first-order valence-corrected chi connectivity index (χ1v) is 22.6. The molecule has 6 heteroatoms. The zero-order chi connectivity index (χ0) is 39.4. The maximum atomic E-state index is 12.6. The zero-order valence-corrected chi connectivity index (χ0v) is 35.5. The third-order valence-electron chi connectivity index (χ3n) is 9.60. The molecule has 0 spiro atoms. The van der Waals surface area contributed by atoms with Gasteiger partial charge in [-0.1, -0.05) is 191 Å². The van der Waals surface area contributed by atoms with E-state index in [4.69, 9.17) is 14.2 Å². The summed E-state index contributed by atoms with van der Waals surface area (Å²) in [5.41, 5.74) is 0. The van der Waals surface area contributed by atoms with Crippen LogP contribution in [0.1, 0.15) is 220 Å². The summed E-state index contributed by atoms with van der Waals surface area (Å²) in [6.45, 7) is 6.45. The molecular weight excluding hydrogens is 673 g/mol. The molecule has 1 unspecified atom stereocenters. The molecule has 0 fully saturated rings. The van der Waals surface area contributed by atoms with Crippen LogP contribution in [-0.4, -0.2) is 37.2 Å². The number of ether oxygens (including phenoxy) is 3. The molecule has 0 N–H and O–H groups in total. The molecule has 1 atom stereocenters. The third-order valence-corrected chi connectivity index (χ3v) is 9.60. The fourth-order valence-corrected chi connectivity index (χ4v) is 6.20. The van der Waals surface area contributed by atoms with Gasteiger partial charge in [0.15, 0.2) is 6.10 Å². The molecule has 6 nitrogen and oxygen atoms in total. The molecule has 0 amide bonds. The quantitative estimate of drug-likeness (QED) is 0.0268. The minimum absolute atomic E-state index is 0.0761. The van der Waals surface area contributed by atoms with Gasteiger partial charge in [-0.3, -0.25) is 14.4 Å². The maximum Gasteiger partial charge on any atom is 0.306 e. The van der Waals surface area contributed by atoms with Crippen molar-refractivity contribution in [2.75, 3.05) is 13.2 Å². The lowest BCUT2D eigenvalue weighted by Gasteiger charge is -2.18. The van der Waals surface area contributed by atoms with Crippen LogP contribution in [0.3, 0.4) is 0 Å². The Bertz CT molecular complexity index is 964. The first-order valence-electron chi connectivity index (χ1n) is 22.6. The molecule has 0 radical (unpaired) electrons. The van der Waals surface area contributed by atoms with Gasteiger partial charge in [0, 0.05) is 19.3 Å². The van der Waals surface area contributed by atoms with E-state index in [9.17, 15) is 14.4 Å². The lowest BCUT2D eigenvalue weighted by atomic mass is 10.1. The van der Waals surface area contributed by atoms with Crippen molar-refractivity contribution in [3.8, 4) is 0 Å². The molecule has 0 saturated carbocycles.